The minimum absolute atomic E-state index is 0.0407. The molecule has 82 valence electrons. The Hall–Kier alpha value is -1.55. The Labute approximate surface area is 88.9 Å². The van der Waals surface area contributed by atoms with Gasteiger partial charge in [-0.1, -0.05) is 30.3 Å². The maximum absolute atomic E-state index is 10.8. The minimum Gasteiger partial charge on any atom is -0.449 e. The summed E-state index contributed by atoms with van der Waals surface area (Å²) in [6.07, 6.45) is -0.482. The molecule has 0 bridgehead atoms. The molecule has 15 heavy (non-hydrogen) atoms. The van der Waals surface area contributed by atoms with Crippen LogP contribution in [0.2, 0.25) is 0 Å². The van der Waals surface area contributed by atoms with Crippen LogP contribution in [0.3, 0.4) is 0 Å². The molecule has 1 rings (SSSR count). The normalized spacial score (nSPS) is 11.9. The fourth-order valence-corrected chi connectivity index (χ4v) is 1.23. The monoisotopic (exact) mass is 209 g/mol. The van der Waals surface area contributed by atoms with Crippen molar-refractivity contribution in [2.75, 3.05) is 20.3 Å². The van der Waals surface area contributed by atoms with Crippen molar-refractivity contribution in [3.05, 3.63) is 35.9 Å². The highest BCUT2D eigenvalue weighted by atomic mass is 16.5. The second-order valence-electron chi connectivity index (χ2n) is 3.14. The van der Waals surface area contributed by atoms with Crippen molar-refractivity contribution in [2.45, 2.75) is 5.92 Å². The van der Waals surface area contributed by atoms with Gasteiger partial charge in [-0.3, -0.25) is 0 Å². The van der Waals surface area contributed by atoms with Crippen LogP contribution in [0.25, 0.3) is 0 Å². The number of amides is 1. The quantitative estimate of drug-likeness (QED) is 0.781. The summed E-state index contributed by atoms with van der Waals surface area (Å²) in [5, 5.41) is 11.5. The molecular weight excluding hydrogens is 194 g/mol. The number of aliphatic hydroxyl groups is 1. The van der Waals surface area contributed by atoms with E-state index >= 15 is 0 Å². The summed E-state index contributed by atoms with van der Waals surface area (Å²) in [5.74, 6) is -0.163. The van der Waals surface area contributed by atoms with E-state index in [0.717, 1.165) is 5.56 Å². The predicted molar refractivity (Wildman–Crippen MR) is 56.7 cm³/mol. The zero-order chi connectivity index (χ0) is 11.1. The molecule has 0 spiro atoms. The smallest absolute Gasteiger partial charge is 0.406 e. The number of rotatable bonds is 4. The van der Waals surface area contributed by atoms with E-state index in [-0.39, 0.29) is 19.1 Å². The summed E-state index contributed by atoms with van der Waals surface area (Å²) in [6.45, 7) is 0.140. The molecule has 0 aliphatic heterocycles. The van der Waals surface area contributed by atoms with Gasteiger partial charge in [-0.15, -0.1) is 0 Å². The maximum atomic E-state index is 10.8. The van der Waals surface area contributed by atoms with E-state index in [1.807, 2.05) is 30.3 Å². The summed E-state index contributed by atoms with van der Waals surface area (Å²) in [5.41, 5.74) is 0.962. The molecule has 0 saturated carbocycles. The van der Waals surface area contributed by atoms with E-state index in [9.17, 15) is 4.79 Å². The molecule has 0 aromatic heterocycles. The van der Waals surface area contributed by atoms with Crippen LogP contribution in [-0.2, 0) is 4.74 Å². The molecular formula is C11H15NO3. The standard InChI is InChI=1S/C11H15NO3/c1-12-11(14)15-8-10(7-13)9-5-3-2-4-6-9/h2-6,10,13H,7-8H2,1H3,(H,12,14). The highest BCUT2D eigenvalue weighted by molar-refractivity contribution is 5.66. The van der Waals surface area contributed by atoms with Gasteiger partial charge in [0.15, 0.2) is 0 Å². The lowest BCUT2D eigenvalue weighted by Crippen LogP contribution is -2.23. The number of aliphatic hydroxyl groups excluding tert-OH is 1. The molecule has 1 unspecified atom stereocenters. The van der Waals surface area contributed by atoms with Gasteiger partial charge in [0.1, 0.15) is 6.61 Å². The van der Waals surface area contributed by atoms with Crippen LogP contribution < -0.4 is 5.32 Å². The van der Waals surface area contributed by atoms with E-state index < -0.39 is 6.09 Å². The predicted octanol–water partition coefficient (Wildman–Crippen LogP) is 1.12. The van der Waals surface area contributed by atoms with Gasteiger partial charge < -0.3 is 15.2 Å². The first kappa shape index (κ1) is 11.5. The summed E-state index contributed by atoms with van der Waals surface area (Å²) in [4.78, 5) is 10.8. The number of benzene rings is 1. The Morgan fingerprint density at radius 2 is 2.13 bits per heavy atom. The van der Waals surface area contributed by atoms with Crippen molar-refractivity contribution in [2.24, 2.45) is 0 Å². The zero-order valence-electron chi connectivity index (χ0n) is 8.64. The van der Waals surface area contributed by atoms with Gasteiger partial charge in [0.25, 0.3) is 0 Å². The Kier molecular flexibility index (Phi) is 4.63. The van der Waals surface area contributed by atoms with E-state index in [1.165, 1.54) is 7.05 Å². The second-order valence-corrected chi connectivity index (χ2v) is 3.14. The van der Waals surface area contributed by atoms with E-state index in [0.29, 0.717) is 0 Å². The van der Waals surface area contributed by atoms with Crippen molar-refractivity contribution >= 4 is 6.09 Å². The summed E-state index contributed by atoms with van der Waals surface area (Å²) in [7, 11) is 1.50. The van der Waals surface area contributed by atoms with Crippen LogP contribution in [0.5, 0.6) is 0 Å². The first-order valence-corrected chi connectivity index (χ1v) is 4.78. The third kappa shape index (κ3) is 3.59. The molecule has 0 radical (unpaired) electrons. The third-order valence-electron chi connectivity index (χ3n) is 2.11. The third-order valence-corrected chi connectivity index (χ3v) is 2.11. The molecule has 1 aromatic carbocycles. The molecule has 1 amide bonds. The van der Waals surface area contributed by atoms with Crippen molar-refractivity contribution < 1.29 is 14.6 Å². The molecule has 0 fully saturated rings. The summed E-state index contributed by atoms with van der Waals surface area (Å²) < 4.78 is 4.89. The number of carbonyl (C=O) groups is 1. The van der Waals surface area contributed by atoms with Crippen LogP contribution in [0.15, 0.2) is 30.3 Å². The Balaban J connectivity index is 2.53. The van der Waals surface area contributed by atoms with E-state index in [2.05, 4.69) is 5.32 Å². The molecule has 0 saturated heterocycles. The lowest BCUT2D eigenvalue weighted by molar-refractivity contribution is 0.126. The van der Waals surface area contributed by atoms with Crippen molar-refractivity contribution in [1.29, 1.82) is 0 Å². The number of alkyl carbamates (subject to hydrolysis) is 1. The molecule has 0 heterocycles. The van der Waals surface area contributed by atoms with Crippen LogP contribution in [0.1, 0.15) is 11.5 Å². The van der Waals surface area contributed by atoms with E-state index in [4.69, 9.17) is 9.84 Å². The van der Waals surface area contributed by atoms with Crippen molar-refractivity contribution in [3.63, 3.8) is 0 Å². The van der Waals surface area contributed by atoms with Gasteiger partial charge in [-0.2, -0.15) is 0 Å². The van der Waals surface area contributed by atoms with Crippen LogP contribution in [0.4, 0.5) is 4.79 Å². The first-order valence-electron chi connectivity index (χ1n) is 4.78. The molecule has 2 N–H and O–H groups in total. The Morgan fingerprint density at radius 1 is 1.47 bits per heavy atom. The number of hydrogen-bond donors (Lipinski definition) is 2. The number of carbonyl (C=O) groups excluding carboxylic acids is 1. The van der Waals surface area contributed by atoms with Gasteiger partial charge in [0.05, 0.1) is 6.61 Å². The van der Waals surface area contributed by atoms with Crippen molar-refractivity contribution in [3.8, 4) is 0 Å². The van der Waals surface area contributed by atoms with Gasteiger partial charge in [0.2, 0.25) is 0 Å². The number of nitrogens with one attached hydrogen (secondary N) is 1. The molecule has 4 nitrogen and oxygen atoms in total. The molecule has 4 heteroatoms. The van der Waals surface area contributed by atoms with E-state index in [1.54, 1.807) is 0 Å². The summed E-state index contributed by atoms with van der Waals surface area (Å²) in [6, 6.07) is 9.47. The fraction of sp³-hybridized carbons (Fsp3) is 0.364. The lowest BCUT2D eigenvalue weighted by Gasteiger charge is -2.14. The van der Waals surface area contributed by atoms with Gasteiger partial charge in [-0.05, 0) is 5.56 Å². The van der Waals surface area contributed by atoms with Crippen LogP contribution in [-0.4, -0.2) is 31.5 Å². The topological polar surface area (TPSA) is 58.6 Å². The largest absolute Gasteiger partial charge is 0.449 e. The van der Waals surface area contributed by atoms with Crippen LogP contribution >= 0.6 is 0 Å². The molecule has 0 aliphatic carbocycles. The molecule has 0 aliphatic rings. The van der Waals surface area contributed by atoms with Gasteiger partial charge in [0, 0.05) is 13.0 Å². The maximum Gasteiger partial charge on any atom is 0.406 e. The number of hydrogen-bond acceptors (Lipinski definition) is 3. The van der Waals surface area contributed by atoms with Crippen LogP contribution in [0, 0.1) is 0 Å². The average molecular weight is 209 g/mol. The summed E-state index contributed by atoms with van der Waals surface area (Å²) >= 11 is 0. The number of ether oxygens (including phenoxy) is 1. The minimum atomic E-state index is -0.482. The lowest BCUT2D eigenvalue weighted by atomic mass is 10.0. The Morgan fingerprint density at radius 3 is 2.67 bits per heavy atom. The highest BCUT2D eigenvalue weighted by Gasteiger charge is 2.12. The average Bonchev–Trinajstić information content (AvgIpc) is 2.31. The second kappa shape index (κ2) is 6.03. The molecule has 1 aromatic rings. The van der Waals surface area contributed by atoms with Gasteiger partial charge in [-0.25, -0.2) is 4.79 Å². The first-order chi connectivity index (χ1) is 7.27. The zero-order valence-corrected chi connectivity index (χ0v) is 8.64. The fourth-order valence-electron chi connectivity index (χ4n) is 1.23. The van der Waals surface area contributed by atoms with Crippen molar-refractivity contribution in [1.82, 2.24) is 5.32 Å². The highest BCUT2D eigenvalue weighted by Crippen LogP contribution is 2.14. The molecule has 1 atom stereocenters. The van der Waals surface area contributed by atoms with Gasteiger partial charge >= 0.3 is 6.09 Å². The SMILES string of the molecule is CNC(=O)OCC(CO)c1ccccc1. The Bertz CT molecular complexity index is 300.